The Morgan fingerprint density at radius 3 is 2.68 bits per heavy atom. The Morgan fingerprint density at radius 2 is 2.00 bits per heavy atom. The molecule has 1 N–H and O–H groups in total. The molecule has 0 radical (unpaired) electrons. The third-order valence-electron chi connectivity index (χ3n) is 4.80. The van der Waals surface area contributed by atoms with E-state index in [4.69, 9.17) is 4.74 Å². The molecule has 3 aromatic rings. The van der Waals surface area contributed by atoms with Crippen molar-refractivity contribution in [2.75, 3.05) is 6.61 Å². The largest absolute Gasteiger partial charge is 0.494 e. The first-order valence-corrected chi connectivity index (χ1v) is 10.2. The van der Waals surface area contributed by atoms with Crippen molar-refractivity contribution in [2.24, 2.45) is 0 Å². The van der Waals surface area contributed by atoms with E-state index in [0.29, 0.717) is 18.5 Å². The van der Waals surface area contributed by atoms with Crippen molar-refractivity contribution in [1.82, 2.24) is 14.9 Å². The Morgan fingerprint density at radius 1 is 1.29 bits per heavy atom. The third-order valence-corrected chi connectivity index (χ3v) is 5.92. The molecule has 2 heterocycles. The molecular formula is C21H25N3O3S. The second-order valence-corrected chi connectivity index (χ2v) is 7.95. The van der Waals surface area contributed by atoms with Gasteiger partial charge in [0.1, 0.15) is 10.6 Å². The van der Waals surface area contributed by atoms with Gasteiger partial charge in [0.2, 0.25) is 5.91 Å². The van der Waals surface area contributed by atoms with Crippen molar-refractivity contribution in [1.29, 1.82) is 0 Å². The minimum absolute atomic E-state index is 0.0841. The number of carbonyl (C=O) groups is 1. The van der Waals surface area contributed by atoms with Crippen LogP contribution in [0.25, 0.3) is 10.2 Å². The summed E-state index contributed by atoms with van der Waals surface area (Å²) in [4.78, 5) is 31.3. The zero-order chi connectivity index (χ0) is 20.3. The average Bonchev–Trinajstić information content (AvgIpc) is 2.96. The van der Waals surface area contributed by atoms with E-state index in [9.17, 15) is 9.59 Å². The van der Waals surface area contributed by atoms with Crippen LogP contribution in [0.3, 0.4) is 0 Å². The van der Waals surface area contributed by atoms with Gasteiger partial charge in [0, 0.05) is 17.8 Å². The third kappa shape index (κ3) is 4.25. The number of hydrogen-bond acceptors (Lipinski definition) is 5. The number of fused-ring (bicyclic) bond motifs is 1. The molecular weight excluding hydrogens is 374 g/mol. The van der Waals surface area contributed by atoms with Gasteiger partial charge in [-0.1, -0.05) is 12.1 Å². The minimum atomic E-state index is -0.123. The summed E-state index contributed by atoms with van der Waals surface area (Å²) in [6.07, 6.45) is 1.75. The highest BCUT2D eigenvalue weighted by molar-refractivity contribution is 7.18. The molecule has 0 aliphatic rings. The van der Waals surface area contributed by atoms with Gasteiger partial charge in [-0.25, -0.2) is 4.98 Å². The molecule has 7 heteroatoms. The molecule has 0 fully saturated rings. The van der Waals surface area contributed by atoms with Crippen LogP contribution in [0.1, 0.15) is 42.3 Å². The Balaban J connectivity index is 1.62. The summed E-state index contributed by atoms with van der Waals surface area (Å²) in [5, 5.41) is 3.64. The van der Waals surface area contributed by atoms with Gasteiger partial charge in [-0.15, -0.1) is 11.3 Å². The van der Waals surface area contributed by atoms with Gasteiger partial charge < -0.3 is 10.1 Å². The number of aryl methyl sites for hydroxylation is 3. The lowest BCUT2D eigenvalue weighted by molar-refractivity contribution is -0.121. The summed E-state index contributed by atoms with van der Waals surface area (Å²) in [7, 11) is 0. The van der Waals surface area contributed by atoms with E-state index in [2.05, 4.69) is 10.3 Å². The highest BCUT2D eigenvalue weighted by atomic mass is 32.1. The number of carbonyl (C=O) groups excluding carboxylic acids is 1. The molecule has 1 unspecified atom stereocenters. The van der Waals surface area contributed by atoms with Crippen molar-refractivity contribution in [2.45, 2.75) is 46.7 Å². The highest BCUT2D eigenvalue weighted by Gasteiger charge is 2.14. The maximum atomic E-state index is 12.7. The van der Waals surface area contributed by atoms with Crippen molar-refractivity contribution in [3.63, 3.8) is 0 Å². The molecule has 0 aliphatic carbocycles. The van der Waals surface area contributed by atoms with Gasteiger partial charge in [-0.05, 0) is 51.0 Å². The molecule has 0 saturated carbocycles. The standard InChI is InChI=1S/C21H25N3O3S/c1-5-27-17-8-6-16(7-9-17)14(3)23-18(25)10-11-24-12-22-20-19(21(24)26)13(2)15(4)28-20/h6-9,12,14H,5,10-11H2,1-4H3,(H,23,25). The van der Waals surface area contributed by atoms with Crippen LogP contribution in [-0.2, 0) is 11.3 Å². The molecule has 0 bridgehead atoms. The van der Waals surface area contributed by atoms with Crippen LogP contribution in [0, 0.1) is 13.8 Å². The lowest BCUT2D eigenvalue weighted by Crippen LogP contribution is -2.29. The first kappa shape index (κ1) is 20.1. The number of aromatic nitrogens is 2. The Hall–Kier alpha value is -2.67. The lowest BCUT2D eigenvalue weighted by Gasteiger charge is -2.15. The molecule has 0 spiro atoms. The summed E-state index contributed by atoms with van der Waals surface area (Å²) < 4.78 is 6.95. The number of benzene rings is 1. The van der Waals surface area contributed by atoms with Crippen molar-refractivity contribution in [3.05, 3.63) is 57.0 Å². The second kappa shape index (κ2) is 8.56. The lowest BCUT2D eigenvalue weighted by atomic mass is 10.1. The number of rotatable bonds is 7. The normalized spacial score (nSPS) is 12.1. The molecule has 0 saturated heterocycles. The zero-order valence-corrected chi connectivity index (χ0v) is 17.4. The fraction of sp³-hybridized carbons (Fsp3) is 0.381. The number of thiophene rings is 1. The highest BCUT2D eigenvalue weighted by Crippen LogP contribution is 2.25. The molecule has 28 heavy (non-hydrogen) atoms. The predicted octanol–water partition coefficient (Wildman–Crippen LogP) is 3.74. The summed E-state index contributed by atoms with van der Waals surface area (Å²) >= 11 is 1.52. The van der Waals surface area contributed by atoms with E-state index in [1.54, 1.807) is 0 Å². The smallest absolute Gasteiger partial charge is 0.262 e. The van der Waals surface area contributed by atoms with Crippen LogP contribution < -0.4 is 15.6 Å². The fourth-order valence-electron chi connectivity index (χ4n) is 3.07. The number of nitrogens with zero attached hydrogens (tertiary/aromatic N) is 2. The topological polar surface area (TPSA) is 73.2 Å². The Labute approximate surface area is 168 Å². The average molecular weight is 400 g/mol. The van der Waals surface area contributed by atoms with Gasteiger partial charge in [0.15, 0.2) is 0 Å². The van der Waals surface area contributed by atoms with Crippen LogP contribution in [0.5, 0.6) is 5.75 Å². The molecule has 3 rings (SSSR count). The van der Waals surface area contributed by atoms with Crippen LogP contribution in [0.15, 0.2) is 35.4 Å². The van der Waals surface area contributed by atoms with E-state index in [0.717, 1.165) is 26.6 Å². The maximum Gasteiger partial charge on any atom is 0.262 e. The van der Waals surface area contributed by atoms with Crippen LogP contribution >= 0.6 is 11.3 Å². The van der Waals surface area contributed by atoms with E-state index in [1.165, 1.54) is 22.2 Å². The minimum Gasteiger partial charge on any atom is -0.494 e. The molecule has 0 aliphatic heterocycles. The van der Waals surface area contributed by atoms with Crippen molar-refractivity contribution >= 4 is 27.5 Å². The second-order valence-electron chi connectivity index (χ2n) is 6.75. The van der Waals surface area contributed by atoms with Crippen LogP contribution in [0.2, 0.25) is 0 Å². The van der Waals surface area contributed by atoms with Crippen LogP contribution in [0.4, 0.5) is 0 Å². The van der Waals surface area contributed by atoms with E-state index in [1.807, 2.05) is 52.0 Å². The predicted molar refractivity (Wildman–Crippen MR) is 112 cm³/mol. The molecule has 148 valence electrons. The molecule has 2 aromatic heterocycles. The zero-order valence-electron chi connectivity index (χ0n) is 16.6. The summed E-state index contributed by atoms with van der Waals surface area (Å²) in [5.41, 5.74) is 1.89. The number of nitrogens with one attached hydrogen (secondary N) is 1. The molecule has 1 atom stereocenters. The SMILES string of the molecule is CCOc1ccc(C(C)NC(=O)CCn2cnc3sc(C)c(C)c3c2=O)cc1. The first-order valence-electron chi connectivity index (χ1n) is 9.38. The fourth-order valence-corrected chi connectivity index (χ4v) is 4.06. The molecule has 1 amide bonds. The quantitative estimate of drug-likeness (QED) is 0.657. The Kier molecular flexibility index (Phi) is 6.14. The van der Waals surface area contributed by atoms with Crippen molar-refractivity contribution in [3.8, 4) is 5.75 Å². The first-order chi connectivity index (χ1) is 13.4. The summed E-state index contributed by atoms with van der Waals surface area (Å²) in [6, 6.07) is 7.56. The van der Waals surface area contributed by atoms with Crippen molar-refractivity contribution < 1.29 is 9.53 Å². The number of hydrogen-bond donors (Lipinski definition) is 1. The van der Waals surface area contributed by atoms with E-state index < -0.39 is 0 Å². The summed E-state index contributed by atoms with van der Waals surface area (Å²) in [6.45, 7) is 8.73. The van der Waals surface area contributed by atoms with Crippen LogP contribution in [-0.4, -0.2) is 22.1 Å². The molecule has 1 aromatic carbocycles. The van der Waals surface area contributed by atoms with E-state index >= 15 is 0 Å². The summed E-state index contributed by atoms with van der Waals surface area (Å²) in [5.74, 6) is 0.706. The Bertz CT molecular complexity index is 1040. The van der Waals surface area contributed by atoms with Gasteiger partial charge in [-0.3, -0.25) is 14.2 Å². The van der Waals surface area contributed by atoms with Gasteiger partial charge in [-0.2, -0.15) is 0 Å². The monoisotopic (exact) mass is 399 g/mol. The molecule has 6 nitrogen and oxygen atoms in total. The van der Waals surface area contributed by atoms with Gasteiger partial charge in [0.05, 0.1) is 24.4 Å². The maximum absolute atomic E-state index is 12.7. The number of ether oxygens (including phenoxy) is 1. The van der Waals surface area contributed by atoms with Gasteiger partial charge >= 0.3 is 0 Å². The van der Waals surface area contributed by atoms with E-state index in [-0.39, 0.29) is 23.9 Å². The van der Waals surface area contributed by atoms with Gasteiger partial charge in [0.25, 0.3) is 5.56 Å². The number of amides is 1.